The van der Waals surface area contributed by atoms with E-state index in [1.807, 2.05) is 0 Å². The number of halogens is 1. The van der Waals surface area contributed by atoms with Crippen molar-refractivity contribution in [3.05, 3.63) is 34.9 Å². The number of carbonyl (C=O) groups excluding carboxylic acids is 1. The van der Waals surface area contributed by atoms with Crippen LogP contribution in [0.2, 0.25) is 5.02 Å². The summed E-state index contributed by atoms with van der Waals surface area (Å²) in [6, 6.07) is 6.93. The van der Waals surface area contributed by atoms with Crippen molar-refractivity contribution in [3.8, 4) is 0 Å². The highest BCUT2D eigenvalue weighted by molar-refractivity contribution is 6.30. The summed E-state index contributed by atoms with van der Waals surface area (Å²) in [5.41, 5.74) is 0.541. The summed E-state index contributed by atoms with van der Waals surface area (Å²) in [7, 11) is 0. The molecule has 3 aliphatic heterocycles. The second-order valence-electron chi connectivity index (χ2n) is 5.09. The molecule has 1 atom stereocenters. The third-order valence-corrected chi connectivity index (χ3v) is 4.15. The summed E-state index contributed by atoms with van der Waals surface area (Å²) >= 11 is 5.88. The predicted octanol–water partition coefficient (Wildman–Crippen LogP) is 2.59. The lowest BCUT2D eigenvalue weighted by atomic mass is 9.86. The Morgan fingerprint density at radius 3 is 2.72 bits per heavy atom. The first kappa shape index (κ1) is 12.0. The molecule has 0 aliphatic carbocycles. The maximum Gasteiger partial charge on any atom is 0.338 e. The number of rotatable bonds is 2. The fourth-order valence-electron chi connectivity index (χ4n) is 2.87. The van der Waals surface area contributed by atoms with Crippen LogP contribution in [0.25, 0.3) is 0 Å². The molecule has 2 bridgehead atoms. The Kier molecular flexibility index (Phi) is 3.27. The van der Waals surface area contributed by atoms with Gasteiger partial charge in [0.05, 0.1) is 5.56 Å². The maximum absolute atomic E-state index is 12.0. The summed E-state index contributed by atoms with van der Waals surface area (Å²) < 4.78 is 5.63. The summed E-state index contributed by atoms with van der Waals surface area (Å²) in [6.45, 7) is 3.18. The van der Waals surface area contributed by atoms with Gasteiger partial charge in [0.15, 0.2) is 0 Å². The van der Waals surface area contributed by atoms with E-state index in [1.54, 1.807) is 24.3 Å². The minimum absolute atomic E-state index is 0.0546. The minimum Gasteiger partial charge on any atom is -0.457 e. The second-order valence-corrected chi connectivity index (χ2v) is 5.53. The number of hydrogen-bond donors (Lipinski definition) is 0. The molecule has 1 aromatic carbocycles. The first-order valence-electron chi connectivity index (χ1n) is 6.41. The van der Waals surface area contributed by atoms with Gasteiger partial charge in [-0.05, 0) is 50.0 Å². The molecule has 18 heavy (non-hydrogen) atoms. The third-order valence-electron chi connectivity index (χ3n) is 3.91. The highest BCUT2D eigenvalue weighted by atomic mass is 35.5. The quantitative estimate of drug-likeness (QED) is 0.770. The molecular weight excluding hydrogens is 250 g/mol. The Morgan fingerprint density at radius 1 is 1.33 bits per heavy atom. The number of benzene rings is 1. The molecule has 3 fully saturated rings. The van der Waals surface area contributed by atoms with E-state index >= 15 is 0 Å². The minimum atomic E-state index is -0.253. The zero-order valence-corrected chi connectivity index (χ0v) is 10.9. The Labute approximate surface area is 112 Å². The fraction of sp³-hybridized carbons (Fsp3) is 0.500. The first-order chi connectivity index (χ1) is 8.72. The summed E-state index contributed by atoms with van der Waals surface area (Å²) in [6.07, 6.45) is 2.35. The van der Waals surface area contributed by atoms with Gasteiger partial charge in [-0.3, -0.25) is 4.90 Å². The molecule has 4 heteroatoms. The van der Waals surface area contributed by atoms with Crippen LogP contribution in [0.5, 0.6) is 0 Å². The summed E-state index contributed by atoms with van der Waals surface area (Å²) in [5, 5.41) is 0.568. The van der Waals surface area contributed by atoms with Gasteiger partial charge in [-0.2, -0.15) is 0 Å². The third kappa shape index (κ3) is 2.38. The lowest BCUT2D eigenvalue weighted by Crippen LogP contribution is -2.51. The van der Waals surface area contributed by atoms with E-state index in [-0.39, 0.29) is 12.1 Å². The molecule has 0 unspecified atom stereocenters. The average Bonchev–Trinajstić information content (AvgIpc) is 2.40. The normalized spacial score (nSPS) is 30.2. The van der Waals surface area contributed by atoms with Gasteiger partial charge in [0.25, 0.3) is 0 Å². The molecule has 3 saturated heterocycles. The van der Waals surface area contributed by atoms with Gasteiger partial charge in [-0.1, -0.05) is 17.7 Å². The van der Waals surface area contributed by atoms with Crippen LogP contribution < -0.4 is 0 Å². The van der Waals surface area contributed by atoms with Crippen LogP contribution in [-0.2, 0) is 4.74 Å². The lowest BCUT2D eigenvalue weighted by molar-refractivity contribution is -0.0455. The van der Waals surface area contributed by atoms with Crippen LogP contribution >= 0.6 is 11.6 Å². The largest absolute Gasteiger partial charge is 0.457 e. The molecular formula is C14H16ClNO2. The van der Waals surface area contributed by atoms with E-state index in [9.17, 15) is 4.79 Å². The molecule has 96 valence electrons. The Morgan fingerprint density at radius 2 is 2.11 bits per heavy atom. The number of esters is 1. The Bertz CT molecular complexity index is 455. The van der Waals surface area contributed by atoms with Crippen LogP contribution in [0.15, 0.2) is 24.3 Å². The zero-order chi connectivity index (χ0) is 12.5. The zero-order valence-electron chi connectivity index (χ0n) is 10.1. The van der Waals surface area contributed by atoms with Crippen LogP contribution in [0.3, 0.4) is 0 Å². The summed E-state index contributed by atoms with van der Waals surface area (Å²) in [4.78, 5) is 14.4. The van der Waals surface area contributed by atoms with E-state index in [0.717, 1.165) is 32.5 Å². The van der Waals surface area contributed by atoms with Crippen molar-refractivity contribution in [1.29, 1.82) is 0 Å². The number of carbonyl (C=O) groups is 1. The number of nitrogens with zero attached hydrogens (tertiary/aromatic N) is 1. The van der Waals surface area contributed by atoms with E-state index in [0.29, 0.717) is 16.5 Å². The van der Waals surface area contributed by atoms with Crippen molar-refractivity contribution in [2.75, 3.05) is 19.6 Å². The first-order valence-corrected chi connectivity index (χ1v) is 6.79. The molecule has 0 radical (unpaired) electrons. The molecule has 1 aromatic rings. The molecule has 3 aliphatic rings. The van der Waals surface area contributed by atoms with Gasteiger partial charge in [0.1, 0.15) is 6.10 Å². The molecule has 0 spiro atoms. The highest BCUT2D eigenvalue weighted by Gasteiger charge is 2.36. The molecule has 0 amide bonds. The molecule has 3 nitrogen and oxygen atoms in total. The van der Waals surface area contributed by atoms with Gasteiger partial charge >= 0.3 is 5.97 Å². The molecule has 0 N–H and O–H groups in total. The fourth-order valence-corrected chi connectivity index (χ4v) is 3.06. The molecule has 4 rings (SSSR count). The number of ether oxygens (including phenoxy) is 1. The molecule has 3 heterocycles. The average molecular weight is 266 g/mol. The molecule has 0 saturated carbocycles. The smallest absolute Gasteiger partial charge is 0.338 e. The Hall–Kier alpha value is -1.06. The topological polar surface area (TPSA) is 29.5 Å². The van der Waals surface area contributed by atoms with Crippen molar-refractivity contribution in [2.24, 2.45) is 5.92 Å². The van der Waals surface area contributed by atoms with E-state index in [1.165, 1.54) is 0 Å². The Balaban J connectivity index is 1.68. The SMILES string of the molecule is O=C(O[C@H]1CN2CCC1CC2)c1cccc(Cl)c1. The summed E-state index contributed by atoms with van der Waals surface area (Å²) in [5.74, 6) is 0.286. The standard InChI is InChI=1S/C14H16ClNO2/c15-12-3-1-2-11(8-12)14(17)18-13-9-16-6-4-10(13)5-7-16/h1-3,8,10,13H,4-7,9H2/t13-/m0/s1. The maximum atomic E-state index is 12.0. The molecule has 0 aromatic heterocycles. The highest BCUT2D eigenvalue weighted by Crippen LogP contribution is 2.30. The van der Waals surface area contributed by atoms with Crippen molar-refractivity contribution in [3.63, 3.8) is 0 Å². The number of piperidine rings is 3. The second kappa shape index (κ2) is 4.90. The van der Waals surface area contributed by atoms with Crippen LogP contribution in [0.1, 0.15) is 23.2 Å². The van der Waals surface area contributed by atoms with E-state index in [2.05, 4.69) is 4.90 Å². The van der Waals surface area contributed by atoms with Crippen LogP contribution in [-0.4, -0.2) is 36.6 Å². The predicted molar refractivity (Wildman–Crippen MR) is 69.8 cm³/mol. The van der Waals surface area contributed by atoms with Crippen molar-refractivity contribution in [2.45, 2.75) is 18.9 Å². The van der Waals surface area contributed by atoms with E-state index in [4.69, 9.17) is 16.3 Å². The monoisotopic (exact) mass is 265 g/mol. The van der Waals surface area contributed by atoms with Gasteiger partial charge < -0.3 is 4.74 Å². The van der Waals surface area contributed by atoms with Gasteiger partial charge in [-0.15, -0.1) is 0 Å². The van der Waals surface area contributed by atoms with Crippen molar-refractivity contribution in [1.82, 2.24) is 4.90 Å². The van der Waals surface area contributed by atoms with Crippen LogP contribution in [0.4, 0.5) is 0 Å². The number of hydrogen-bond acceptors (Lipinski definition) is 3. The van der Waals surface area contributed by atoms with Crippen molar-refractivity contribution < 1.29 is 9.53 Å². The van der Waals surface area contributed by atoms with Crippen LogP contribution in [0, 0.1) is 5.92 Å². The number of fused-ring (bicyclic) bond motifs is 3. The lowest BCUT2D eigenvalue weighted by Gasteiger charge is -2.43. The van der Waals surface area contributed by atoms with Gasteiger partial charge in [0.2, 0.25) is 0 Å². The van der Waals surface area contributed by atoms with Gasteiger partial charge in [0, 0.05) is 11.6 Å². The van der Waals surface area contributed by atoms with Gasteiger partial charge in [-0.25, -0.2) is 4.79 Å². The van der Waals surface area contributed by atoms with E-state index < -0.39 is 0 Å². The van der Waals surface area contributed by atoms with Crippen molar-refractivity contribution >= 4 is 17.6 Å².